The van der Waals surface area contributed by atoms with Gasteiger partial charge < -0.3 is 11.5 Å². The van der Waals surface area contributed by atoms with Gasteiger partial charge in [-0.05, 0) is 12.0 Å². The molecule has 0 bridgehead atoms. The summed E-state index contributed by atoms with van der Waals surface area (Å²) in [5, 5.41) is 4.10. The number of nitrogens with one attached hydrogen (secondary N) is 1. The molecule has 0 saturated heterocycles. The van der Waals surface area contributed by atoms with Crippen molar-refractivity contribution in [2.24, 2.45) is 11.0 Å². The van der Waals surface area contributed by atoms with E-state index >= 15 is 0 Å². The Labute approximate surface area is 106 Å². The minimum absolute atomic E-state index is 0.0490. The Morgan fingerprint density at radius 3 is 2.72 bits per heavy atom. The van der Waals surface area contributed by atoms with Crippen LogP contribution in [0.1, 0.15) is 31.4 Å². The normalized spacial score (nSPS) is 19.3. The van der Waals surface area contributed by atoms with E-state index in [-0.39, 0.29) is 11.8 Å². The number of aryl methyl sites for hydroxylation is 1. The van der Waals surface area contributed by atoms with E-state index in [0.29, 0.717) is 17.8 Å². The third-order valence-corrected chi connectivity index (χ3v) is 3.29. The molecule has 96 valence electrons. The van der Waals surface area contributed by atoms with Crippen molar-refractivity contribution in [2.75, 3.05) is 11.5 Å². The summed E-state index contributed by atoms with van der Waals surface area (Å²) in [4.78, 5) is 11.2. The zero-order valence-electron chi connectivity index (χ0n) is 10.7. The van der Waals surface area contributed by atoms with Gasteiger partial charge in [-0.1, -0.05) is 26.0 Å². The number of anilines is 2. The fourth-order valence-electron chi connectivity index (χ4n) is 2.19. The minimum Gasteiger partial charge on any atom is -0.397 e. The van der Waals surface area contributed by atoms with Gasteiger partial charge in [-0.3, -0.25) is 4.79 Å². The zero-order chi connectivity index (χ0) is 13.3. The van der Waals surface area contributed by atoms with Crippen molar-refractivity contribution in [3.63, 3.8) is 0 Å². The van der Waals surface area contributed by atoms with E-state index in [1.54, 1.807) is 0 Å². The highest BCUT2D eigenvalue weighted by atomic mass is 16.2. The van der Waals surface area contributed by atoms with Crippen LogP contribution in [-0.4, -0.2) is 11.6 Å². The van der Waals surface area contributed by atoms with E-state index in [2.05, 4.69) is 10.5 Å². The van der Waals surface area contributed by atoms with Crippen LogP contribution in [0.4, 0.5) is 11.4 Å². The Hall–Kier alpha value is -2.04. The first kappa shape index (κ1) is 12.4. The van der Waals surface area contributed by atoms with Gasteiger partial charge in [0.2, 0.25) is 5.91 Å². The van der Waals surface area contributed by atoms with Gasteiger partial charge >= 0.3 is 0 Å². The van der Waals surface area contributed by atoms with Crippen LogP contribution in [0.2, 0.25) is 0 Å². The van der Waals surface area contributed by atoms with Crippen molar-refractivity contribution in [1.29, 1.82) is 0 Å². The molecule has 5 N–H and O–H groups in total. The van der Waals surface area contributed by atoms with Gasteiger partial charge in [-0.2, -0.15) is 5.10 Å². The van der Waals surface area contributed by atoms with Gasteiger partial charge in [0.05, 0.1) is 17.1 Å². The summed E-state index contributed by atoms with van der Waals surface area (Å²) >= 11 is 0. The predicted octanol–water partition coefficient (Wildman–Crippen LogP) is 1.27. The van der Waals surface area contributed by atoms with E-state index in [1.807, 2.05) is 26.0 Å². The number of nitrogens with zero attached hydrogens (tertiary/aromatic N) is 1. The lowest BCUT2D eigenvalue weighted by Crippen LogP contribution is -2.32. The number of hydrogen-bond acceptors (Lipinski definition) is 4. The minimum atomic E-state index is -0.0667. The van der Waals surface area contributed by atoms with Crippen molar-refractivity contribution in [2.45, 2.75) is 26.7 Å². The average molecular weight is 246 g/mol. The number of amides is 1. The Morgan fingerprint density at radius 2 is 2.11 bits per heavy atom. The molecule has 1 unspecified atom stereocenters. The predicted molar refractivity (Wildman–Crippen MR) is 73.1 cm³/mol. The van der Waals surface area contributed by atoms with Crippen LogP contribution in [0, 0.1) is 5.92 Å². The highest BCUT2D eigenvalue weighted by Gasteiger charge is 2.23. The Balaban J connectivity index is 2.46. The van der Waals surface area contributed by atoms with Crippen LogP contribution in [0.25, 0.3) is 0 Å². The summed E-state index contributed by atoms with van der Waals surface area (Å²) < 4.78 is 0. The highest BCUT2D eigenvalue weighted by Crippen LogP contribution is 2.28. The maximum Gasteiger partial charge on any atom is 0.240 e. The van der Waals surface area contributed by atoms with Gasteiger partial charge in [0, 0.05) is 17.9 Å². The van der Waals surface area contributed by atoms with Crippen LogP contribution < -0.4 is 16.9 Å². The fourth-order valence-corrected chi connectivity index (χ4v) is 2.19. The topological polar surface area (TPSA) is 93.5 Å². The first-order valence-corrected chi connectivity index (χ1v) is 6.08. The quantitative estimate of drug-likeness (QED) is 0.686. The third-order valence-electron chi connectivity index (χ3n) is 3.29. The summed E-state index contributed by atoms with van der Waals surface area (Å²) in [5.74, 6) is -0.0177. The zero-order valence-corrected chi connectivity index (χ0v) is 10.7. The van der Waals surface area contributed by atoms with Gasteiger partial charge in [0.1, 0.15) is 0 Å². The molecule has 1 aromatic rings. The van der Waals surface area contributed by atoms with E-state index in [1.165, 1.54) is 0 Å². The Bertz CT molecular complexity index is 522. The maximum atomic E-state index is 11.2. The molecule has 0 saturated carbocycles. The molecule has 1 amide bonds. The second-order valence-electron chi connectivity index (χ2n) is 4.59. The van der Waals surface area contributed by atoms with Crippen molar-refractivity contribution in [1.82, 2.24) is 5.43 Å². The maximum absolute atomic E-state index is 11.2. The summed E-state index contributed by atoms with van der Waals surface area (Å²) in [6, 6.07) is 3.89. The van der Waals surface area contributed by atoms with Crippen molar-refractivity contribution < 1.29 is 4.79 Å². The summed E-state index contributed by atoms with van der Waals surface area (Å²) in [5.41, 5.74) is 18.4. The molecule has 5 heteroatoms. The second-order valence-corrected chi connectivity index (χ2v) is 4.59. The lowest BCUT2D eigenvalue weighted by Gasteiger charge is -2.21. The molecular weight excluding hydrogens is 228 g/mol. The monoisotopic (exact) mass is 246 g/mol. The Kier molecular flexibility index (Phi) is 3.23. The largest absolute Gasteiger partial charge is 0.397 e. The van der Waals surface area contributed by atoms with Crippen molar-refractivity contribution >= 4 is 23.0 Å². The number of carbonyl (C=O) groups is 1. The molecule has 0 fully saturated rings. The molecule has 1 aromatic carbocycles. The molecule has 2 rings (SSSR count). The van der Waals surface area contributed by atoms with E-state index in [9.17, 15) is 4.79 Å². The van der Waals surface area contributed by atoms with Gasteiger partial charge in [-0.15, -0.1) is 0 Å². The van der Waals surface area contributed by atoms with Crippen molar-refractivity contribution in [3.05, 3.63) is 23.3 Å². The lowest BCUT2D eigenvalue weighted by atomic mass is 9.91. The highest BCUT2D eigenvalue weighted by molar-refractivity contribution is 6.10. The van der Waals surface area contributed by atoms with Gasteiger partial charge in [0.15, 0.2) is 0 Å². The molecule has 1 heterocycles. The second kappa shape index (κ2) is 4.68. The molecule has 1 aliphatic rings. The van der Waals surface area contributed by atoms with Gasteiger partial charge in [0.25, 0.3) is 0 Å². The molecule has 0 aliphatic carbocycles. The summed E-state index contributed by atoms with van der Waals surface area (Å²) in [6.45, 7) is 3.99. The van der Waals surface area contributed by atoms with Crippen molar-refractivity contribution in [3.8, 4) is 0 Å². The number of nitrogens with two attached hydrogens (primary N) is 2. The first-order valence-electron chi connectivity index (χ1n) is 6.08. The van der Waals surface area contributed by atoms with Crippen LogP contribution in [0.3, 0.4) is 0 Å². The summed E-state index contributed by atoms with van der Waals surface area (Å²) in [7, 11) is 0. The Morgan fingerprint density at radius 1 is 1.39 bits per heavy atom. The molecule has 1 aliphatic heterocycles. The molecule has 18 heavy (non-hydrogen) atoms. The summed E-state index contributed by atoms with van der Waals surface area (Å²) in [6.07, 6.45) is 1.27. The number of hydrazone groups is 1. The number of nitrogen functional groups attached to an aromatic ring is 2. The van der Waals surface area contributed by atoms with E-state index in [4.69, 9.17) is 11.5 Å². The molecule has 1 atom stereocenters. The van der Waals surface area contributed by atoms with Crippen LogP contribution in [-0.2, 0) is 11.2 Å². The lowest BCUT2D eigenvalue weighted by molar-refractivity contribution is -0.121. The third kappa shape index (κ3) is 2.03. The standard InChI is InChI=1S/C13H18N4O/c1-3-8-4-5-9(12(15)11(8)14)13-7(2)6-10(18)16-17-13/h4-5,7H,3,6,14-15H2,1-2H3,(H,16,18). The van der Waals surface area contributed by atoms with Crippen LogP contribution in [0.15, 0.2) is 17.2 Å². The molecule has 5 nitrogen and oxygen atoms in total. The van der Waals surface area contributed by atoms with Crippen LogP contribution in [0.5, 0.6) is 0 Å². The smallest absolute Gasteiger partial charge is 0.240 e. The SMILES string of the molecule is CCc1ccc(C2=NNC(=O)CC2C)c(N)c1N. The average Bonchev–Trinajstić information content (AvgIpc) is 2.34. The number of rotatable bonds is 2. The van der Waals surface area contributed by atoms with E-state index < -0.39 is 0 Å². The first-order chi connectivity index (χ1) is 8.54. The molecule has 0 spiro atoms. The fraction of sp³-hybridized carbons (Fsp3) is 0.385. The molecular formula is C13H18N4O. The number of hydrogen-bond donors (Lipinski definition) is 3. The molecule has 0 aromatic heterocycles. The molecule has 0 radical (unpaired) electrons. The number of carbonyl (C=O) groups excluding carboxylic acids is 1. The van der Waals surface area contributed by atoms with Crippen LogP contribution >= 0.6 is 0 Å². The van der Waals surface area contributed by atoms with Gasteiger partial charge in [-0.25, -0.2) is 5.43 Å². The van der Waals surface area contributed by atoms with E-state index in [0.717, 1.165) is 23.3 Å². The number of benzene rings is 1.